The van der Waals surface area contributed by atoms with Crippen LogP contribution in [0.1, 0.15) is 22.3 Å². The molecule has 0 N–H and O–H groups in total. The van der Waals surface area contributed by atoms with Gasteiger partial charge in [-0.1, -0.05) is 0 Å². The molecule has 3 aromatic carbocycles. The molecular formula is C22H19Br2Cl2NRu. The molecular weight excluding hydrogens is 610 g/mol. The Balaban J connectivity index is 1.86. The first-order valence-corrected chi connectivity index (χ1v) is 15.7. The number of hydrogen-bond acceptors (Lipinski definition) is 1. The monoisotopic (exact) mass is 627 g/mol. The SMILES string of the molecule is [Cl][Ru]([Cl])=[CH]c1ccccc1CN(Cc1ccc(Br)cc1)Cc1ccc(Br)cc1. The van der Waals surface area contributed by atoms with Gasteiger partial charge in [-0.15, -0.1) is 0 Å². The maximum atomic E-state index is 6.14. The second-order valence-electron chi connectivity index (χ2n) is 6.40. The van der Waals surface area contributed by atoms with Gasteiger partial charge >= 0.3 is 198 Å². The van der Waals surface area contributed by atoms with Crippen LogP contribution in [0.2, 0.25) is 0 Å². The van der Waals surface area contributed by atoms with Crippen LogP contribution in [-0.2, 0) is 33.2 Å². The minimum absolute atomic E-state index is 0.828. The van der Waals surface area contributed by atoms with E-state index in [-0.39, 0.29) is 0 Å². The van der Waals surface area contributed by atoms with Crippen molar-refractivity contribution >= 4 is 55.9 Å². The molecule has 0 bridgehead atoms. The summed E-state index contributed by atoms with van der Waals surface area (Å²) in [5.74, 6) is 0. The van der Waals surface area contributed by atoms with E-state index in [9.17, 15) is 0 Å². The van der Waals surface area contributed by atoms with Crippen molar-refractivity contribution in [2.75, 3.05) is 0 Å². The van der Waals surface area contributed by atoms with E-state index in [2.05, 4.69) is 103 Å². The minimum atomic E-state index is -1.87. The Morgan fingerprint density at radius 1 is 0.714 bits per heavy atom. The third kappa shape index (κ3) is 7.16. The van der Waals surface area contributed by atoms with Crippen molar-refractivity contribution in [3.05, 3.63) is 104 Å². The summed E-state index contributed by atoms with van der Waals surface area (Å²) in [5.41, 5.74) is 4.95. The van der Waals surface area contributed by atoms with E-state index in [1.165, 1.54) is 16.7 Å². The molecule has 3 aromatic rings. The Morgan fingerprint density at radius 3 is 1.71 bits per heavy atom. The summed E-state index contributed by atoms with van der Waals surface area (Å²) in [6.07, 6.45) is 0. The summed E-state index contributed by atoms with van der Waals surface area (Å²) >= 11 is 5.16. The quantitative estimate of drug-likeness (QED) is 0.245. The van der Waals surface area contributed by atoms with E-state index >= 15 is 0 Å². The second kappa shape index (κ2) is 11.2. The predicted molar refractivity (Wildman–Crippen MR) is 125 cm³/mol. The normalized spacial score (nSPS) is 11.5. The predicted octanol–water partition coefficient (Wildman–Crippen LogP) is 7.49. The molecule has 0 spiro atoms. The van der Waals surface area contributed by atoms with Crippen LogP contribution in [0, 0.1) is 0 Å². The van der Waals surface area contributed by atoms with E-state index in [0.717, 1.165) is 34.1 Å². The van der Waals surface area contributed by atoms with Crippen molar-refractivity contribution < 1.29 is 13.5 Å². The molecule has 0 saturated heterocycles. The average Bonchev–Trinajstić information content (AvgIpc) is 2.66. The zero-order valence-corrected chi connectivity index (χ0v) is 21.4. The third-order valence-corrected chi connectivity index (χ3v) is 7.17. The topological polar surface area (TPSA) is 3.24 Å². The molecule has 6 heteroatoms. The molecule has 0 saturated carbocycles. The van der Waals surface area contributed by atoms with Gasteiger partial charge in [0.05, 0.1) is 0 Å². The van der Waals surface area contributed by atoms with Crippen LogP contribution in [0.4, 0.5) is 0 Å². The molecule has 0 fully saturated rings. The zero-order chi connectivity index (χ0) is 19.9. The molecule has 0 unspecified atom stereocenters. The number of benzene rings is 3. The summed E-state index contributed by atoms with van der Waals surface area (Å²) in [6, 6.07) is 25.4. The van der Waals surface area contributed by atoms with Crippen LogP contribution in [0.15, 0.2) is 81.7 Å². The summed E-state index contributed by atoms with van der Waals surface area (Å²) in [6.45, 7) is 2.55. The molecule has 1 nitrogen and oxygen atoms in total. The van der Waals surface area contributed by atoms with E-state index in [1.54, 1.807) is 0 Å². The summed E-state index contributed by atoms with van der Waals surface area (Å²) in [4.78, 5) is 2.44. The van der Waals surface area contributed by atoms with Crippen LogP contribution in [0.25, 0.3) is 0 Å². The Bertz CT molecular complexity index is 892. The first kappa shape index (κ1) is 22.3. The maximum absolute atomic E-state index is 6.14. The molecule has 0 aromatic heterocycles. The second-order valence-corrected chi connectivity index (χ2v) is 14.0. The van der Waals surface area contributed by atoms with Crippen molar-refractivity contribution in [2.45, 2.75) is 19.6 Å². The van der Waals surface area contributed by atoms with Crippen molar-refractivity contribution in [3.63, 3.8) is 0 Å². The van der Waals surface area contributed by atoms with Gasteiger partial charge in [0.2, 0.25) is 0 Å². The van der Waals surface area contributed by atoms with Crippen LogP contribution in [0.5, 0.6) is 0 Å². The van der Waals surface area contributed by atoms with Crippen molar-refractivity contribution in [1.82, 2.24) is 4.90 Å². The number of halogens is 4. The summed E-state index contributed by atoms with van der Waals surface area (Å²) in [5, 5.41) is 0. The van der Waals surface area contributed by atoms with E-state index in [1.807, 2.05) is 10.7 Å². The van der Waals surface area contributed by atoms with Crippen molar-refractivity contribution in [3.8, 4) is 0 Å². The molecule has 28 heavy (non-hydrogen) atoms. The van der Waals surface area contributed by atoms with Gasteiger partial charge in [-0.25, -0.2) is 0 Å². The number of nitrogens with zero attached hydrogens (tertiary/aromatic N) is 1. The van der Waals surface area contributed by atoms with Gasteiger partial charge in [0.15, 0.2) is 0 Å². The fourth-order valence-corrected chi connectivity index (χ4v) is 5.38. The van der Waals surface area contributed by atoms with Crippen LogP contribution >= 0.6 is 51.2 Å². The van der Waals surface area contributed by atoms with Gasteiger partial charge in [0, 0.05) is 0 Å². The molecule has 0 heterocycles. The van der Waals surface area contributed by atoms with Crippen LogP contribution in [-0.4, -0.2) is 9.51 Å². The van der Waals surface area contributed by atoms with Crippen molar-refractivity contribution in [2.24, 2.45) is 0 Å². The first-order valence-electron chi connectivity index (χ1n) is 8.62. The Kier molecular flexibility index (Phi) is 8.90. The molecule has 0 aliphatic rings. The molecule has 148 valence electrons. The molecule has 3 rings (SSSR count). The van der Waals surface area contributed by atoms with Crippen molar-refractivity contribution in [1.29, 1.82) is 0 Å². The summed E-state index contributed by atoms with van der Waals surface area (Å²) < 4.78 is 4.22. The van der Waals surface area contributed by atoms with E-state index < -0.39 is 13.5 Å². The molecule has 0 aliphatic heterocycles. The fourth-order valence-electron chi connectivity index (χ4n) is 2.97. The molecule has 0 radical (unpaired) electrons. The van der Waals surface area contributed by atoms with E-state index in [4.69, 9.17) is 19.4 Å². The van der Waals surface area contributed by atoms with E-state index in [0.29, 0.717) is 0 Å². The zero-order valence-electron chi connectivity index (χ0n) is 14.9. The Morgan fingerprint density at radius 2 is 1.21 bits per heavy atom. The van der Waals surface area contributed by atoms with Gasteiger partial charge in [-0.3, -0.25) is 0 Å². The number of hydrogen-bond donors (Lipinski definition) is 0. The molecule has 0 aliphatic carbocycles. The van der Waals surface area contributed by atoms with Crippen LogP contribution < -0.4 is 0 Å². The first-order chi connectivity index (χ1) is 13.5. The average molecular weight is 629 g/mol. The molecule has 0 amide bonds. The number of rotatable bonds is 7. The Hall–Kier alpha value is -0.347. The summed E-state index contributed by atoms with van der Waals surface area (Å²) in [7, 11) is 12.3. The van der Waals surface area contributed by atoms with Crippen LogP contribution in [0.3, 0.4) is 0 Å². The standard InChI is InChI=1S/C22H19Br2N.2ClH.Ru/c1-17-4-2-3-5-20(17)16-25(14-18-6-10-21(23)11-7-18)15-19-8-12-22(24)13-9-19;;;/h1-13H,14-16H2;2*1H;/q;;;+2/p-2. The van der Waals surface area contributed by atoms with Gasteiger partial charge in [-0.05, 0) is 0 Å². The van der Waals surface area contributed by atoms with Gasteiger partial charge < -0.3 is 0 Å². The van der Waals surface area contributed by atoms with Gasteiger partial charge in [-0.2, -0.15) is 0 Å². The van der Waals surface area contributed by atoms with Gasteiger partial charge in [0.1, 0.15) is 0 Å². The fraction of sp³-hybridized carbons (Fsp3) is 0.136. The Labute approximate surface area is 196 Å². The van der Waals surface area contributed by atoms with Gasteiger partial charge in [0.25, 0.3) is 0 Å². The molecule has 0 atom stereocenters. The third-order valence-electron chi connectivity index (χ3n) is 4.28.